The van der Waals surface area contributed by atoms with E-state index in [0.29, 0.717) is 5.75 Å². The van der Waals surface area contributed by atoms with E-state index in [4.69, 9.17) is 9.47 Å². The Morgan fingerprint density at radius 3 is 2.43 bits per heavy atom. The van der Waals surface area contributed by atoms with Crippen molar-refractivity contribution in [3.05, 3.63) is 48.0 Å². The molecule has 2 N–H and O–H groups in total. The number of methoxy groups -OCH3 is 2. The third-order valence-corrected chi connectivity index (χ3v) is 5.45. The van der Waals surface area contributed by atoms with Gasteiger partial charge in [0, 0.05) is 0 Å². The standard InChI is InChI=1S/C22H29N3O3/c1-16-9-10-20(27-3)18(15-16)23-22(26)17(2)24-11-13-25(14-12-24)19-7-5-6-8-21(19)28-4/h5-10,15,17H,11-14H2,1-4H3,(H,23,26)/p+1/t17-/m0/s1. The molecular formula is C22H30N3O3+. The number of nitrogens with one attached hydrogen (secondary N) is 2. The first kappa shape index (κ1) is 20.0. The SMILES string of the molecule is COc1ccc(C)cc1NC(=O)[C@H](C)[NH+]1CCN(c2ccccc2OC)CC1. The molecule has 3 rings (SSSR count). The van der Waals surface area contributed by atoms with E-state index in [-0.39, 0.29) is 11.9 Å². The Hall–Kier alpha value is -2.73. The highest BCUT2D eigenvalue weighted by Crippen LogP contribution is 2.27. The maximum Gasteiger partial charge on any atom is 0.282 e. The molecule has 28 heavy (non-hydrogen) atoms. The van der Waals surface area contributed by atoms with Crippen LogP contribution < -0.4 is 24.6 Å². The zero-order valence-electron chi connectivity index (χ0n) is 17.1. The summed E-state index contributed by atoms with van der Waals surface area (Å²) < 4.78 is 10.9. The van der Waals surface area contributed by atoms with Gasteiger partial charge in [-0.2, -0.15) is 0 Å². The normalized spacial score (nSPS) is 15.8. The van der Waals surface area contributed by atoms with Crippen LogP contribution >= 0.6 is 0 Å². The van der Waals surface area contributed by atoms with E-state index in [1.165, 1.54) is 4.90 Å². The number of nitrogens with zero attached hydrogens (tertiary/aromatic N) is 1. The van der Waals surface area contributed by atoms with Gasteiger partial charge in [-0.05, 0) is 43.7 Å². The Balaban J connectivity index is 1.61. The van der Waals surface area contributed by atoms with Gasteiger partial charge in [-0.15, -0.1) is 0 Å². The van der Waals surface area contributed by atoms with E-state index in [1.54, 1.807) is 14.2 Å². The number of anilines is 2. The van der Waals surface area contributed by atoms with Crippen LogP contribution in [0.1, 0.15) is 12.5 Å². The molecule has 0 spiro atoms. The predicted molar refractivity (Wildman–Crippen MR) is 112 cm³/mol. The molecule has 1 amide bonds. The molecule has 1 atom stereocenters. The molecule has 1 saturated heterocycles. The van der Waals surface area contributed by atoms with Gasteiger partial charge in [-0.25, -0.2) is 0 Å². The minimum Gasteiger partial charge on any atom is -0.495 e. The van der Waals surface area contributed by atoms with Crippen LogP contribution in [0.25, 0.3) is 0 Å². The van der Waals surface area contributed by atoms with Crippen LogP contribution in [0.4, 0.5) is 11.4 Å². The largest absolute Gasteiger partial charge is 0.495 e. The van der Waals surface area contributed by atoms with Gasteiger partial charge < -0.3 is 24.6 Å². The molecule has 0 saturated carbocycles. The number of aryl methyl sites for hydroxylation is 1. The van der Waals surface area contributed by atoms with Gasteiger partial charge >= 0.3 is 0 Å². The van der Waals surface area contributed by atoms with Crippen LogP contribution in [0, 0.1) is 6.92 Å². The summed E-state index contributed by atoms with van der Waals surface area (Å²) in [7, 11) is 3.32. The van der Waals surface area contributed by atoms with Gasteiger partial charge in [-0.1, -0.05) is 18.2 Å². The zero-order valence-corrected chi connectivity index (χ0v) is 17.1. The molecule has 0 aromatic heterocycles. The van der Waals surface area contributed by atoms with Crippen molar-refractivity contribution in [1.29, 1.82) is 0 Å². The molecule has 0 radical (unpaired) electrons. The number of carbonyl (C=O) groups is 1. The molecule has 1 aliphatic heterocycles. The molecule has 6 nitrogen and oxygen atoms in total. The van der Waals surface area contributed by atoms with Crippen molar-refractivity contribution in [3.63, 3.8) is 0 Å². The van der Waals surface area contributed by atoms with Crippen molar-refractivity contribution in [2.45, 2.75) is 19.9 Å². The Morgan fingerprint density at radius 1 is 1.07 bits per heavy atom. The lowest BCUT2D eigenvalue weighted by Gasteiger charge is -2.36. The minimum atomic E-state index is -0.134. The summed E-state index contributed by atoms with van der Waals surface area (Å²) in [5, 5.41) is 3.04. The molecule has 0 aliphatic carbocycles. The van der Waals surface area contributed by atoms with Crippen molar-refractivity contribution >= 4 is 17.3 Å². The molecule has 2 aromatic carbocycles. The Bertz CT molecular complexity index is 816. The van der Waals surface area contributed by atoms with E-state index < -0.39 is 0 Å². The first-order chi connectivity index (χ1) is 13.5. The average molecular weight is 385 g/mol. The van der Waals surface area contributed by atoms with Crippen LogP contribution in [0.5, 0.6) is 11.5 Å². The van der Waals surface area contributed by atoms with Gasteiger partial charge in [0.15, 0.2) is 6.04 Å². The second kappa shape index (κ2) is 8.97. The fourth-order valence-corrected chi connectivity index (χ4v) is 3.70. The minimum absolute atomic E-state index is 0.0182. The van der Waals surface area contributed by atoms with Crippen molar-refractivity contribution in [2.24, 2.45) is 0 Å². The van der Waals surface area contributed by atoms with E-state index >= 15 is 0 Å². The Kier molecular flexibility index (Phi) is 6.41. The monoisotopic (exact) mass is 384 g/mol. The van der Waals surface area contributed by atoms with Crippen LogP contribution in [-0.2, 0) is 4.79 Å². The molecule has 0 bridgehead atoms. The lowest BCUT2D eigenvalue weighted by atomic mass is 10.1. The number of para-hydroxylation sites is 2. The molecule has 0 unspecified atom stereocenters. The fourth-order valence-electron chi connectivity index (χ4n) is 3.70. The molecule has 1 aliphatic rings. The number of hydrogen-bond acceptors (Lipinski definition) is 4. The average Bonchev–Trinajstić information content (AvgIpc) is 2.73. The summed E-state index contributed by atoms with van der Waals surface area (Å²) in [6.07, 6.45) is 0. The van der Waals surface area contributed by atoms with Crippen LogP contribution in [0.3, 0.4) is 0 Å². The zero-order chi connectivity index (χ0) is 20.1. The number of amides is 1. The Labute approximate surface area is 167 Å². The smallest absolute Gasteiger partial charge is 0.282 e. The van der Waals surface area contributed by atoms with Gasteiger partial charge in [0.2, 0.25) is 0 Å². The second-order valence-electron chi connectivity index (χ2n) is 7.23. The summed E-state index contributed by atoms with van der Waals surface area (Å²) in [6.45, 7) is 7.57. The lowest BCUT2D eigenvalue weighted by molar-refractivity contribution is -0.914. The number of carbonyl (C=O) groups excluding carboxylic acids is 1. The molecule has 1 fully saturated rings. The first-order valence-electron chi connectivity index (χ1n) is 9.71. The maximum absolute atomic E-state index is 12.8. The number of hydrogen-bond donors (Lipinski definition) is 2. The quantitative estimate of drug-likeness (QED) is 0.797. The van der Waals surface area contributed by atoms with Gasteiger partial charge in [0.05, 0.1) is 51.8 Å². The second-order valence-corrected chi connectivity index (χ2v) is 7.23. The summed E-state index contributed by atoms with van der Waals surface area (Å²) in [6, 6.07) is 13.7. The fraction of sp³-hybridized carbons (Fsp3) is 0.409. The van der Waals surface area contributed by atoms with Crippen LogP contribution in [0.2, 0.25) is 0 Å². The molecular weight excluding hydrogens is 354 g/mol. The summed E-state index contributed by atoms with van der Waals surface area (Å²) >= 11 is 0. The summed E-state index contributed by atoms with van der Waals surface area (Å²) in [4.78, 5) is 16.4. The highest BCUT2D eigenvalue weighted by molar-refractivity contribution is 5.95. The van der Waals surface area contributed by atoms with Crippen molar-refractivity contribution < 1.29 is 19.2 Å². The van der Waals surface area contributed by atoms with E-state index in [1.807, 2.05) is 50.2 Å². The maximum atomic E-state index is 12.8. The number of ether oxygens (including phenoxy) is 2. The third kappa shape index (κ3) is 4.39. The van der Waals surface area contributed by atoms with Crippen molar-refractivity contribution in [3.8, 4) is 11.5 Å². The highest BCUT2D eigenvalue weighted by atomic mass is 16.5. The van der Waals surface area contributed by atoms with Gasteiger partial charge in [0.1, 0.15) is 11.5 Å². The molecule has 150 valence electrons. The number of benzene rings is 2. The van der Waals surface area contributed by atoms with Crippen LogP contribution in [-0.4, -0.2) is 52.3 Å². The Morgan fingerprint density at radius 2 is 1.75 bits per heavy atom. The number of quaternary nitrogens is 1. The molecule has 2 aromatic rings. The van der Waals surface area contributed by atoms with E-state index in [9.17, 15) is 4.79 Å². The highest BCUT2D eigenvalue weighted by Gasteiger charge is 2.30. The number of rotatable bonds is 6. The van der Waals surface area contributed by atoms with Gasteiger partial charge in [0.25, 0.3) is 5.91 Å². The summed E-state index contributed by atoms with van der Waals surface area (Å²) in [5.41, 5.74) is 2.93. The van der Waals surface area contributed by atoms with Crippen LogP contribution in [0.15, 0.2) is 42.5 Å². The topological polar surface area (TPSA) is 55.2 Å². The van der Waals surface area contributed by atoms with Crippen molar-refractivity contribution in [1.82, 2.24) is 0 Å². The van der Waals surface area contributed by atoms with Gasteiger partial charge in [-0.3, -0.25) is 4.79 Å². The summed E-state index contributed by atoms with van der Waals surface area (Å²) in [5.74, 6) is 1.59. The third-order valence-electron chi connectivity index (χ3n) is 5.45. The number of piperazine rings is 1. The first-order valence-corrected chi connectivity index (χ1v) is 9.71. The van der Waals surface area contributed by atoms with Crippen molar-refractivity contribution in [2.75, 3.05) is 50.6 Å². The van der Waals surface area contributed by atoms with E-state index in [0.717, 1.165) is 48.9 Å². The predicted octanol–water partition coefficient (Wildman–Crippen LogP) is 1.74. The molecule has 6 heteroatoms. The lowest BCUT2D eigenvalue weighted by Crippen LogP contribution is -3.19. The molecule has 1 heterocycles. The van der Waals surface area contributed by atoms with E-state index in [2.05, 4.69) is 16.3 Å².